The van der Waals surface area contributed by atoms with E-state index in [1.165, 1.54) is 0 Å². The van der Waals surface area contributed by atoms with Crippen molar-refractivity contribution in [3.63, 3.8) is 0 Å². The number of rotatable bonds is 4. The van der Waals surface area contributed by atoms with Gasteiger partial charge in [-0.05, 0) is 24.0 Å². The van der Waals surface area contributed by atoms with Gasteiger partial charge in [-0.1, -0.05) is 30.2 Å². The molecule has 1 aliphatic heterocycles. The first-order valence-electron chi connectivity index (χ1n) is 8.13. The number of hydrogen-bond acceptors (Lipinski definition) is 7. The third-order valence-electron chi connectivity index (χ3n) is 4.92. The Bertz CT molecular complexity index is 693. The molecule has 1 fully saturated rings. The van der Waals surface area contributed by atoms with Gasteiger partial charge in [0.2, 0.25) is 0 Å². The predicted octanol–water partition coefficient (Wildman–Crippen LogP) is -4.83. The first-order valence-corrected chi connectivity index (χ1v) is 8.13. The Morgan fingerprint density at radius 1 is 1.27 bits per heavy atom. The smallest absolute Gasteiger partial charge is 0.547 e. The maximum atomic E-state index is 11.2. The molecule has 1 aromatic carbocycles. The van der Waals surface area contributed by atoms with Crippen molar-refractivity contribution >= 4 is 5.97 Å². The molecule has 3 N–H and O–H groups in total. The predicted molar refractivity (Wildman–Crippen MR) is 84.7 cm³/mol. The van der Waals surface area contributed by atoms with Gasteiger partial charge in [0.05, 0.1) is 12.5 Å². The van der Waals surface area contributed by atoms with Crippen molar-refractivity contribution in [2.24, 2.45) is 0 Å². The monoisotopic (exact) mass is 369 g/mol. The summed E-state index contributed by atoms with van der Waals surface area (Å²) in [4.78, 5) is 12.9. The molecule has 0 bridgehead atoms. The number of hydrogen-bond donors (Lipinski definition) is 3. The largest absolute Gasteiger partial charge is 1.00 e. The van der Waals surface area contributed by atoms with Crippen molar-refractivity contribution in [2.45, 2.75) is 49.5 Å². The minimum absolute atomic E-state index is 0. The Morgan fingerprint density at radius 2 is 1.96 bits per heavy atom. The molecule has 26 heavy (non-hydrogen) atoms. The Morgan fingerprint density at radius 3 is 2.62 bits per heavy atom. The number of carboxylic acids is 1. The first kappa shape index (κ1) is 21.4. The van der Waals surface area contributed by atoms with Crippen molar-refractivity contribution < 1.29 is 59.5 Å². The molecule has 0 amide bonds. The summed E-state index contributed by atoms with van der Waals surface area (Å²) in [6.07, 6.45) is -0.890. The molecule has 2 aliphatic rings. The Kier molecular flexibility index (Phi) is 7.25. The van der Waals surface area contributed by atoms with E-state index in [1.54, 1.807) is 4.90 Å². The summed E-state index contributed by atoms with van der Waals surface area (Å²) < 4.78 is 5.39. The Hall–Kier alpha value is -0.950. The van der Waals surface area contributed by atoms with E-state index in [9.17, 15) is 25.2 Å². The van der Waals surface area contributed by atoms with Crippen LogP contribution in [0, 0.1) is 12.3 Å². The first-order chi connectivity index (χ1) is 12.0. The zero-order valence-corrected chi connectivity index (χ0v) is 16.5. The van der Waals surface area contributed by atoms with Crippen LogP contribution in [0.15, 0.2) is 24.3 Å². The number of aliphatic hydroxyl groups excluding tert-OH is 3. The average Bonchev–Trinajstić information content (AvgIpc) is 3.02. The topological polar surface area (TPSA) is 113 Å². The van der Waals surface area contributed by atoms with Crippen molar-refractivity contribution in [1.29, 1.82) is 0 Å². The van der Waals surface area contributed by atoms with Crippen molar-refractivity contribution in [1.82, 2.24) is 4.90 Å². The number of carbonyl (C=O) groups is 1. The summed E-state index contributed by atoms with van der Waals surface area (Å²) in [6, 6.07) is 7.60. The third-order valence-corrected chi connectivity index (χ3v) is 4.92. The summed E-state index contributed by atoms with van der Waals surface area (Å²) in [6.45, 7) is 0.0866. The molecule has 0 saturated carbocycles. The van der Waals surface area contributed by atoms with Crippen molar-refractivity contribution in [3.05, 3.63) is 35.4 Å². The van der Waals surface area contributed by atoms with Gasteiger partial charge < -0.3 is 30.0 Å². The second-order valence-electron chi connectivity index (χ2n) is 6.37. The second kappa shape index (κ2) is 8.83. The molecule has 1 saturated heterocycles. The van der Waals surface area contributed by atoms with Gasteiger partial charge in [-0.25, -0.2) is 0 Å². The van der Waals surface area contributed by atoms with E-state index in [1.807, 2.05) is 24.3 Å². The van der Waals surface area contributed by atoms with Crippen LogP contribution in [0.3, 0.4) is 0 Å². The molecule has 3 rings (SSSR count). The molecule has 5 unspecified atom stereocenters. The number of carbonyl (C=O) groups excluding carboxylic acids is 1. The fourth-order valence-electron chi connectivity index (χ4n) is 3.69. The molecule has 0 radical (unpaired) electrons. The molecule has 6 atom stereocenters. The number of terminal acetylenes is 1. The molecule has 1 aromatic rings. The van der Waals surface area contributed by atoms with Gasteiger partial charge >= 0.3 is 29.6 Å². The zero-order chi connectivity index (χ0) is 18.1. The minimum atomic E-state index is -1.78. The molecule has 1 heterocycles. The number of benzene rings is 1. The fourth-order valence-corrected chi connectivity index (χ4v) is 3.69. The van der Waals surface area contributed by atoms with E-state index in [0.29, 0.717) is 0 Å². The maximum Gasteiger partial charge on any atom is 1.00 e. The molecular weight excluding hydrogens is 349 g/mol. The van der Waals surface area contributed by atoms with Gasteiger partial charge in [0, 0.05) is 6.04 Å². The van der Waals surface area contributed by atoms with Crippen LogP contribution in [-0.4, -0.2) is 63.4 Å². The van der Waals surface area contributed by atoms with Crippen LogP contribution in [0.25, 0.3) is 0 Å². The van der Waals surface area contributed by atoms with Crippen LogP contribution in [0.1, 0.15) is 23.6 Å². The number of fused-ring (bicyclic) bond motifs is 1. The van der Waals surface area contributed by atoms with E-state index >= 15 is 0 Å². The van der Waals surface area contributed by atoms with Crippen LogP contribution in [0.2, 0.25) is 0 Å². The number of ether oxygens (including phenoxy) is 1. The van der Waals surface area contributed by atoms with Gasteiger partial charge in [0.25, 0.3) is 0 Å². The molecule has 0 spiro atoms. The van der Waals surface area contributed by atoms with Crippen LogP contribution in [0.4, 0.5) is 0 Å². The molecule has 0 aromatic heterocycles. The standard InChI is InChI=1S/C18H21NO6.Na/c1-2-9-19(12-8-7-10-5-3-4-6-11(10)12)17-15(22)13(20)14(21)16(25-17)18(23)24;/h1,3-6,12-17,20-22H,7-9H2,(H,23,24);/q;+1/p-1/t12-,13?,14?,15?,16?,17?;/m1./s1. The third kappa shape index (κ3) is 3.84. The van der Waals surface area contributed by atoms with Gasteiger partial charge in [-0.3, -0.25) is 4.90 Å². The summed E-state index contributed by atoms with van der Waals surface area (Å²) >= 11 is 0. The van der Waals surface area contributed by atoms with Crippen molar-refractivity contribution in [3.8, 4) is 12.3 Å². The minimum Gasteiger partial charge on any atom is -0.547 e. The van der Waals surface area contributed by atoms with Crippen LogP contribution < -0.4 is 34.7 Å². The average molecular weight is 369 g/mol. The molecule has 1 aliphatic carbocycles. The van der Waals surface area contributed by atoms with Crippen LogP contribution in [-0.2, 0) is 16.0 Å². The number of aryl methyl sites for hydroxylation is 1. The number of aliphatic carboxylic acids is 1. The van der Waals surface area contributed by atoms with Crippen LogP contribution in [0.5, 0.6) is 0 Å². The summed E-state index contributed by atoms with van der Waals surface area (Å²) in [5, 5.41) is 41.4. The van der Waals surface area contributed by atoms with Gasteiger partial charge in [-0.2, -0.15) is 0 Å². The maximum absolute atomic E-state index is 11.2. The summed E-state index contributed by atoms with van der Waals surface area (Å²) in [7, 11) is 0. The zero-order valence-electron chi connectivity index (χ0n) is 14.5. The second-order valence-corrected chi connectivity index (χ2v) is 6.37. The van der Waals surface area contributed by atoms with Crippen molar-refractivity contribution in [2.75, 3.05) is 6.54 Å². The van der Waals surface area contributed by atoms with E-state index in [0.717, 1.165) is 24.0 Å². The van der Waals surface area contributed by atoms with E-state index in [4.69, 9.17) is 11.2 Å². The van der Waals surface area contributed by atoms with Crippen LogP contribution >= 0.6 is 0 Å². The van der Waals surface area contributed by atoms with Gasteiger partial charge in [-0.15, -0.1) is 6.42 Å². The molecule has 7 nitrogen and oxygen atoms in total. The van der Waals surface area contributed by atoms with E-state index < -0.39 is 36.6 Å². The quantitative estimate of drug-likeness (QED) is 0.360. The van der Waals surface area contributed by atoms with E-state index in [-0.39, 0.29) is 42.1 Å². The molecule has 134 valence electrons. The number of nitrogens with zero attached hydrogens (tertiary/aromatic N) is 1. The number of carboxylic acid groups (broad SMARTS) is 1. The Balaban J connectivity index is 0.00000243. The van der Waals surface area contributed by atoms with Gasteiger partial charge in [0.15, 0.2) is 0 Å². The SMILES string of the molecule is C#CCN(C1OC(C(=O)[O-])C(O)C(O)C1O)[C@@H]1CCc2ccccc21.[Na+]. The fraction of sp³-hybridized carbons (Fsp3) is 0.500. The summed E-state index contributed by atoms with van der Waals surface area (Å²) in [5.74, 6) is 0.835. The molecular formula is C18H20NNaO6. The summed E-state index contributed by atoms with van der Waals surface area (Å²) in [5.41, 5.74) is 2.18. The Labute approximate surface area is 173 Å². The number of aliphatic hydroxyl groups is 3. The molecule has 8 heteroatoms. The normalized spacial score (nSPS) is 33.2. The van der Waals surface area contributed by atoms with Gasteiger partial charge in [0.1, 0.15) is 30.6 Å². The van der Waals surface area contributed by atoms with E-state index in [2.05, 4.69) is 5.92 Å².